The highest BCUT2D eigenvalue weighted by Gasteiger charge is 2.44. The minimum atomic E-state index is -4.17. The van der Waals surface area contributed by atoms with Gasteiger partial charge in [-0.1, -0.05) is 18.2 Å². The van der Waals surface area contributed by atoms with Crippen LogP contribution in [-0.2, 0) is 19.9 Å². The van der Waals surface area contributed by atoms with Gasteiger partial charge in [0.05, 0.1) is 35.8 Å². The molecule has 0 bridgehead atoms. The van der Waals surface area contributed by atoms with Crippen LogP contribution in [0, 0.1) is 0 Å². The van der Waals surface area contributed by atoms with E-state index in [1.807, 2.05) is 0 Å². The van der Waals surface area contributed by atoms with Gasteiger partial charge in [0.25, 0.3) is 0 Å². The van der Waals surface area contributed by atoms with Crippen molar-refractivity contribution in [1.29, 1.82) is 0 Å². The topological polar surface area (TPSA) is 125 Å². The van der Waals surface area contributed by atoms with Crippen LogP contribution in [-0.4, -0.2) is 73.1 Å². The molecule has 0 amide bonds. The summed E-state index contributed by atoms with van der Waals surface area (Å²) in [4.78, 5) is 4.03. The van der Waals surface area contributed by atoms with Crippen molar-refractivity contribution in [3.05, 3.63) is 36.5 Å². The number of benzene rings is 1. The summed E-state index contributed by atoms with van der Waals surface area (Å²) in [6, 6.07) is 6.92. The summed E-state index contributed by atoms with van der Waals surface area (Å²) in [6.45, 7) is -0.816. The second kappa shape index (κ2) is 6.61. The number of aliphatic hydroxyl groups is 2. The Morgan fingerprint density at radius 1 is 1.20 bits per heavy atom. The van der Waals surface area contributed by atoms with Crippen LogP contribution in [0.15, 0.2) is 41.4 Å². The van der Waals surface area contributed by atoms with Crippen molar-refractivity contribution < 1.29 is 27.0 Å². The molecule has 1 aliphatic heterocycles. The minimum absolute atomic E-state index is 0.0875. The molecule has 136 valence electrons. The molecule has 0 radical (unpaired) electrons. The number of nitrogens with zero attached hydrogens (tertiary/aromatic N) is 2. The molecular weight excluding hydrogens is 368 g/mol. The Bertz CT molecular complexity index is 985. The number of aliphatic hydroxyl groups excluding tert-OH is 2. The van der Waals surface area contributed by atoms with Crippen molar-refractivity contribution in [2.45, 2.75) is 17.0 Å². The fourth-order valence-electron chi connectivity index (χ4n) is 3.06. The number of pyridine rings is 1. The van der Waals surface area contributed by atoms with E-state index in [9.17, 15) is 27.0 Å². The summed E-state index contributed by atoms with van der Waals surface area (Å²) in [5.74, 6) is -0.978. The molecule has 1 aromatic heterocycles. The molecule has 25 heavy (non-hydrogen) atoms. The third kappa shape index (κ3) is 3.40. The van der Waals surface area contributed by atoms with Crippen molar-refractivity contribution in [3.8, 4) is 0 Å². The van der Waals surface area contributed by atoms with Crippen molar-refractivity contribution in [3.63, 3.8) is 0 Å². The molecule has 3 rings (SSSR count). The molecule has 10 heteroatoms. The van der Waals surface area contributed by atoms with E-state index < -0.39 is 50.1 Å². The van der Waals surface area contributed by atoms with Gasteiger partial charge in [0.2, 0.25) is 10.0 Å². The third-order valence-corrected chi connectivity index (χ3v) is 7.82. The highest BCUT2D eigenvalue weighted by atomic mass is 32.2. The summed E-state index contributed by atoms with van der Waals surface area (Å²) in [5.41, 5.74) is 0.253. The van der Waals surface area contributed by atoms with Crippen LogP contribution in [0.3, 0.4) is 0 Å². The first kappa shape index (κ1) is 18.2. The van der Waals surface area contributed by atoms with E-state index >= 15 is 0 Å². The Morgan fingerprint density at radius 3 is 2.56 bits per heavy atom. The van der Waals surface area contributed by atoms with E-state index in [1.54, 1.807) is 24.3 Å². The predicted octanol–water partition coefficient (Wildman–Crippen LogP) is -0.624. The molecule has 1 saturated heterocycles. The van der Waals surface area contributed by atoms with Crippen LogP contribution in [0.2, 0.25) is 0 Å². The molecular formula is C15H18N2O6S2. The standard InChI is InChI=1S/C15H18N2O6S2/c18-8-7-17(12-9-24(20,21)10-13(12)19)25(22,23)14-5-1-3-11-4-2-6-16-15(11)14/h1-6,12-13,18-19H,7-10H2/t12-,13+/m0/s1. The van der Waals surface area contributed by atoms with E-state index in [0.29, 0.717) is 5.39 Å². The molecule has 0 unspecified atom stereocenters. The number of rotatable bonds is 5. The predicted molar refractivity (Wildman–Crippen MR) is 91.2 cm³/mol. The number of sulfonamides is 1. The first-order valence-electron chi connectivity index (χ1n) is 7.61. The Kier molecular flexibility index (Phi) is 4.82. The molecule has 0 saturated carbocycles. The number of para-hydroxylation sites is 1. The lowest BCUT2D eigenvalue weighted by Crippen LogP contribution is -2.47. The average molecular weight is 386 g/mol. The number of aromatic nitrogens is 1. The van der Waals surface area contributed by atoms with Gasteiger partial charge < -0.3 is 10.2 Å². The molecule has 0 spiro atoms. The van der Waals surface area contributed by atoms with Crippen molar-refractivity contribution >= 4 is 30.8 Å². The first-order valence-corrected chi connectivity index (χ1v) is 10.9. The number of hydrogen-bond acceptors (Lipinski definition) is 7. The van der Waals surface area contributed by atoms with Crippen LogP contribution in [0.4, 0.5) is 0 Å². The van der Waals surface area contributed by atoms with Crippen LogP contribution < -0.4 is 0 Å². The number of sulfone groups is 1. The second-order valence-electron chi connectivity index (χ2n) is 5.88. The van der Waals surface area contributed by atoms with Crippen LogP contribution in [0.5, 0.6) is 0 Å². The molecule has 8 nitrogen and oxygen atoms in total. The van der Waals surface area contributed by atoms with Gasteiger partial charge in [-0.2, -0.15) is 4.31 Å². The summed E-state index contributed by atoms with van der Waals surface area (Å²) in [6.07, 6.45) is 0.126. The SMILES string of the molecule is O=S1(=O)C[C@@H](O)[C@@H](N(CCO)S(=O)(=O)c2cccc3cccnc23)C1. The summed E-state index contributed by atoms with van der Waals surface area (Å²) in [7, 11) is -7.72. The lowest BCUT2D eigenvalue weighted by atomic mass is 10.2. The number of hydrogen-bond donors (Lipinski definition) is 2. The second-order valence-corrected chi connectivity index (χ2v) is 9.90. The molecule has 2 N–H and O–H groups in total. The van der Waals surface area contributed by atoms with Crippen LogP contribution in [0.1, 0.15) is 0 Å². The molecule has 2 atom stereocenters. The normalized spacial score (nSPS) is 23.3. The maximum Gasteiger partial charge on any atom is 0.245 e. The number of fused-ring (bicyclic) bond motifs is 1. The largest absolute Gasteiger partial charge is 0.395 e. The molecule has 0 aliphatic carbocycles. The zero-order valence-electron chi connectivity index (χ0n) is 13.2. The van der Waals surface area contributed by atoms with Gasteiger partial charge in [0, 0.05) is 18.1 Å². The zero-order chi connectivity index (χ0) is 18.2. The van der Waals surface area contributed by atoms with Gasteiger partial charge >= 0.3 is 0 Å². The zero-order valence-corrected chi connectivity index (χ0v) is 14.8. The third-order valence-electron chi connectivity index (χ3n) is 4.17. The van der Waals surface area contributed by atoms with Crippen LogP contribution in [0.25, 0.3) is 10.9 Å². The van der Waals surface area contributed by atoms with Gasteiger partial charge in [0.15, 0.2) is 9.84 Å². The molecule has 1 fully saturated rings. The maximum atomic E-state index is 13.1. The van der Waals surface area contributed by atoms with Gasteiger partial charge in [-0.05, 0) is 12.1 Å². The first-order chi connectivity index (χ1) is 11.8. The minimum Gasteiger partial charge on any atom is -0.395 e. The Labute approximate surface area is 145 Å². The van der Waals surface area contributed by atoms with Gasteiger partial charge in [0.1, 0.15) is 4.90 Å². The van der Waals surface area contributed by atoms with E-state index in [2.05, 4.69) is 4.98 Å². The fourth-order valence-corrected chi connectivity index (χ4v) is 6.77. The molecule has 2 heterocycles. The van der Waals surface area contributed by atoms with E-state index in [-0.39, 0.29) is 17.0 Å². The smallest absolute Gasteiger partial charge is 0.245 e. The van der Waals surface area contributed by atoms with Gasteiger partial charge in [-0.3, -0.25) is 4.98 Å². The lowest BCUT2D eigenvalue weighted by Gasteiger charge is -2.29. The fraction of sp³-hybridized carbons (Fsp3) is 0.400. The van der Waals surface area contributed by atoms with Crippen LogP contribution >= 0.6 is 0 Å². The highest BCUT2D eigenvalue weighted by molar-refractivity contribution is 7.92. The summed E-state index contributed by atoms with van der Waals surface area (Å²) < 4.78 is 50.7. The Morgan fingerprint density at radius 2 is 1.92 bits per heavy atom. The monoisotopic (exact) mass is 386 g/mol. The van der Waals surface area contributed by atoms with Crippen molar-refractivity contribution in [1.82, 2.24) is 9.29 Å². The summed E-state index contributed by atoms with van der Waals surface area (Å²) >= 11 is 0. The van der Waals surface area contributed by atoms with E-state index in [0.717, 1.165) is 4.31 Å². The van der Waals surface area contributed by atoms with Gasteiger partial charge in [-0.25, -0.2) is 16.8 Å². The molecule has 1 aromatic carbocycles. The van der Waals surface area contributed by atoms with Crippen molar-refractivity contribution in [2.24, 2.45) is 0 Å². The Hall–Kier alpha value is -1.59. The summed E-state index contributed by atoms with van der Waals surface area (Å²) in [5, 5.41) is 20.0. The highest BCUT2D eigenvalue weighted by Crippen LogP contribution is 2.28. The van der Waals surface area contributed by atoms with E-state index in [4.69, 9.17) is 0 Å². The lowest BCUT2D eigenvalue weighted by molar-refractivity contribution is 0.117. The maximum absolute atomic E-state index is 13.1. The van der Waals surface area contributed by atoms with Gasteiger partial charge in [-0.15, -0.1) is 0 Å². The molecule has 2 aromatic rings. The quantitative estimate of drug-likeness (QED) is 0.701. The van der Waals surface area contributed by atoms with Crippen molar-refractivity contribution in [2.75, 3.05) is 24.7 Å². The van der Waals surface area contributed by atoms with E-state index in [1.165, 1.54) is 12.3 Å². The Balaban J connectivity index is 2.12. The average Bonchev–Trinajstić information content (AvgIpc) is 2.84. The molecule has 1 aliphatic rings.